The van der Waals surface area contributed by atoms with E-state index in [9.17, 15) is 0 Å². The van der Waals surface area contributed by atoms with Crippen molar-refractivity contribution in [3.05, 3.63) is 17.8 Å². The van der Waals surface area contributed by atoms with Crippen molar-refractivity contribution in [2.75, 3.05) is 6.54 Å². The van der Waals surface area contributed by atoms with Gasteiger partial charge >= 0.3 is 0 Å². The summed E-state index contributed by atoms with van der Waals surface area (Å²) in [7, 11) is 0. The summed E-state index contributed by atoms with van der Waals surface area (Å²) in [6.45, 7) is 7.92. The quantitative estimate of drug-likeness (QED) is 0.746. The van der Waals surface area contributed by atoms with Crippen molar-refractivity contribution >= 4 is 0 Å². The molecule has 68 valence electrons. The zero-order valence-corrected chi connectivity index (χ0v) is 7.92. The van der Waals surface area contributed by atoms with Crippen LogP contribution in [0.5, 0.6) is 0 Å². The smallest absolute Gasteiger partial charge is 0.208 e. The van der Waals surface area contributed by atoms with Gasteiger partial charge < -0.3 is 9.73 Å². The van der Waals surface area contributed by atoms with Gasteiger partial charge in [0, 0.05) is 5.92 Å². The highest BCUT2D eigenvalue weighted by molar-refractivity contribution is 4.98. The third kappa shape index (κ3) is 2.34. The maximum atomic E-state index is 5.47. The molecule has 0 unspecified atom stereocenters. The van der Waals surface area contributed by atoms with Crippen LogP contribution in [0.2, 0.25) is 0 Å². The van der Waals surface area contributed by atoms with Gasteiger partial charge in [-0.15, -0.1) is 0 Å². The molecule has 0 fully saturated rings. The number of nitrogens with zero attached hydrogens (tertiary/aromatic N) is 1. The van der Waals surface area contributed by atoms with Gasteiger partial charge in [0.1, 0.15) is 5.76 Å². The Kier molecular flexibility index (Phi) is 3.29. The summed E-state index contributed by atoms with van der Waals surface area (Å²) in [5, 5.41) is 3.16. The van der Waals surface area contributed by atoms with Crippen LogP contribution in [0.1, 0.15) is 38.3 Å². The summed E-state index contributed by atoms with van der Waals surface area (Å²) >= 11 is 0. The summed E-state index contributed by atoms with van der Waals surface area (Å²) in [6.07, 6.45) is 1.80. The van der Waals surface area contributed by atoms with E-state index in [1.54, 1.807) is 6.20 Å². The molecule has 0 saturated carbocycles. The molecule has 1 aromatic heterocycles. The van der Waals surface area contributed by atoms with Gasteiger partial charge in [-0.25, -0.2) is 4.98 Å². The van der Waals surface area contributed by atoms with Crippen LogP contribution in [-0.4, -0.2) is 11.5 Å². The molecule has 1 N–H and O–H groups in total. The van der Waals surface area contributed by atoms with Gasteiger partial charge in [-0.1, -0.05) is 20.8 Å². The molecule has 12 heavy (non-hydrogen) atoms. The van der Waals surface area contributed by atoms with E-state index in [2.05, 4.69) is 31.1 Å². The van der Waals surface area contributed by atoms with Gasteiger partial charge in [0.05, 0.1) is 12.7 Å². The van der Waals surface area contributed by atoms with Crippen molar-refractivity contribution in [1.29, 1.82) is 0 Å². The molecule has 0 bridgehead atoms. The predicted octanol–water partition coefficient (Wildman–Crippen LogP) is 1.91. The second-order valence-electron chi connectivity index (χ2n) is 3.09. The van der Waals surface area contributed by atoms with Crippen LogP contribution in [0.4, 0.5) is 0 Å². The first-order valence-corrected chi connectivity index (χ1v) is 4.39. The van der Waals surface area contributed by atoms with Gasteiger partial charge in [0.25, 0.3) is 0 Å². The van der Waals surface area contributed by atoms with E-state index in [-0.39, 0.29) is 0 Å². The van der Waals surface area contributed by atoms with Gasteiger partial charge in [-0.3, -0.25) is 0 Å². The van der Waals surface area contributed by atoms with E-state index in [4.69, 9.17) is 4.42 Å². The van der Waals surface area contributed by atoms with Crippen molar-refractivity contribution in [3.63, 3.8) is 0 Å². The van der Waals surface area contributed by atoms with Gasteiger partial charge in [-0.05, 0) is 6.54 Å². The molecule has 0 amide bonds. The number of hydrogen-bond donors (Lipinski definition) is 1. The molecule has 3 heteroatoms. The van der Waals surface area contributed by atoms with Gasteiger partial charge in [0.15, 0.2) is 0 Å². The van der Waals surface area contributed by atoms with E-state index in [1.807, 2.05) is 0 Å². The van der Waals surface area contributed by atoms with E-state index in [1.165, 1.54) is 0 Å². The first kappa shape index (κ1) is 9.26. The summed E-state index contributed by atoms with van der Waals surface area (Å²) in [4.78, 5) is 4.15. The predicted molar refractivity (Wildman–Crippen MR) is 48.0 cm³/mol. The summed E-state index contributed by atoms with van der Waals surface area (Å²) in [6, 6.07) is 0. The third-order valence-corrected chi connectivity index (χ3v) is 1.67. The highest BCUT2D eigenvalue weighted by Crippen LogP contribution is 2.14. The zero-order valence-electron chi connectivity index (χ0n) is 7.92. The van der Waals surface area contributed by atoms with E-state index >= 15 is 0 Å². The van der Waals surface area contributed by atoms with Crippen LogP contribution in [0.15, 0.2) is 10.6 Å². The van der Waals surface area contributed by atoms with Crippen LogP contribution in [0.25, 0.3) is 0 Å². The molecule has 0 aliphatic rings. The van der Waals surface area contributed by atoms with Crippen LogP contribution in [0, 0.1) is 0 Å². The van der Waals surface area contributed by atoms with Crippen molar-refractivity contribution in [3.8, 4) is 0 Å². The molecular formula is C9H16N2O. The molecule has 0 radical (unpaired) electrons. The lowest BCUT2D eigenvalue weighted by molar-refractivity contribution is 0.425. The molecule has 0 aromatic carbocycles. The highest BCUT2D eigenvalue weighted by Gasteiger charge is 2.05. The topological polar surface area (TPSA) is 38.1 Å². The largest absolute Gasteiger partial charge is 0.444 e. The van der Waals surface area contributed by atoms with Gasteiger partial charge in [-0.2, -0.15) is 0 Å². The van der Waals surface area contributed by atoms with E-state index in [0.29, 0.717) is 5.92 Å². The average molecular weight is 168 g/mol. The Labute approximate surface area is 73.2 Å². The molecule has 3 nitrogen and oxygen atoms in total. The Hall–Kier alpha value is -0.830. The molecule has 0 saturated heterocycles. The third-order valence-electron chi connectivity index (χ3n) is 1.67. The monoisotopic (exact) mass is 168 g/mol. The second kappa shape index (κ2) is 4.26. The molecular weight excluding hydrogens is 152 g/mol. The first-order chi connectivity index (χ1) is 5.74. The Balaban J connectivity index is 2.52. The fraction of sp³-hybridized carbons (Fsp3) is 0.667. The van der Waals surface area contributed by atoms with Crippen molar-refractivity contribution < 1.29 is 4.42 Å². The number of hydrogen-bond acceptors (Lipinski definition) is 3. The lowest BCUT2D eigenvalue weighted by atomic mass is 10.2. The Morgan fingerprint density at radius 1 is 1.58 bits per heavy atom. The number of aromatic nitrogens is 1. The Bertz CT molecular complexity index is 230. The van der Waals surface area contributed by atoms with Crippen molar-refractivity contribution in [1.82, 2.24) is 10.3 Å². The van der Waals surface area contributed by atoms with E-state index < -0.39 is 0 Å². The molecule has 1 heterocycles. The summed E-state index contributed by atoms with van der Waals surface area (Å²) in [5.41, 5.74) is 0. The lowest BCUT2D eigenvalue weighted by Crippen LogP contribution is -2.11. The highest BCUT2D eigenvalue weighted by atomic mass is 16.4. The summed E-state index contributed by atoms with van der Waals surface area (Å²) < 4.78 is 5.47. The minimum atomic E-state index is 0.424. The molecule has 0 aliphatic carbocycles. The normalized spacial score (nSPS) is 11.0. The first-order valence-electron chi connectivity index (χ1n) is 4.39. The molecule has 1 rings (SSSR count). The molecule has 1 aromatic rings. The summed E-state index contributed by atoms with van der Waals surface area (Å²) in [5.74, 6) is 2.16. The standard InChI is InChI=1S/C9H16N2O/c1-4-10-6-9-11-5-8(12-9)7(2)3/h5,7,10H,4,6H2,1-3H3. The number of rotatable bonds is 4. The average Bonchev–Trinajstić information content (AvgIpc) is 2.48. The lowest BCUT2D eigenvalue weighted by Gasteiger charge is -1.97. The van der Waals surface area contributed by atoms with Gasteiger partial charge in [0.2, 0.25) is 5.89 Å². The maximum Gasteiger partial charge on any atom is 0.208 e. The molecule has 0 atom stereocenters. The minimum Gasteiger partial charge on any atom is -0.444 e. The van der Waals surface area contributed by atoms with Crippen LogP contribution < -0.4 is 5.32 Å². The van der Waals surface area contributed by atoms with Crippen LogP contribution in [-0.2, 0) is 6.54 Å². The van der Waals surface area contributed by atoms with Crippen molar-refractivity contribution in [2.45, 2.75) is 33.2 Å². The zero-order chi connectivity index (χ0) is 8.97. The second-order valence-corrected chi connectivity index (χ2v) is 3.09. The van der Waals surface area contributed by atoms with Crippen molar-refractivity contribution in [2.24, 2.45) is 0 Å². The number of nitrogens with one attached hydrogen (secondary N) is 1. The SMILES string of the molecule is CCNCc1ncc(C(C)C)o1. The minimum absolute atomic E-state index is 0.424. The Morgan fingerprint density at radius 2 is 2.33 bits per heavy atom. The fourth-order valence-corrected chi connectivity index (χ4v) is 0.905. The van der Waals surface area contributed by atoms with Crippen LogP contribution >= 0.6 is 0 Å². The van der Waals surface area contributed by atoms with Crippen LogP contribution in [0.3, 0.4) is 0 Å². The van der Waals surface area contributed by atoms with E-state index in [0.717, 1.165) is 24.7 Å². The molecule has 0 spiro atoms. The number of oxazole rings is 1. The Morgan fingerprint density at radius 3 is 2.83 bits per heavy atom. The molecule has 0 aliphatic heterocycles. The maximum absolute atomic E-state index is 5.47. The fourth-order valence-electron chi connectivity index (χ4n) is 0.905.